The molecule has 108 valence electrons. The van der Waals surface area contributed by atoms with Gasteiger partial charge >= 0.3 is 0 Å². The van der Waals surface area contributed by atoms with Crippen LogP contribution in [0.15, 0.2) is 65.8 Å². The molecular formula is C18H21N3. The van der Waals surface area contributed by atoms with E-state index in [4.69, 9.17) is 11.5 Å². The van der Waals surface area contributed by atoms with Crippen LogP contribution in [0.1, 0.15) is 17.5 Å². The molecular weight excluding hydrogens is 258 g/mol. The van der Waals surface area contributed by atoms with E-state index in [1.165, 1.54) is 10.8 Å². The van der Waals surface area contributed by atoms with E-state index in [2.05, 4.69) is 48.0 Å². The lowest BCUT2D eigenvalue weighted by Gasteiger charge is -2.03. The van der Waals surface area contributed by atoms with Gasteiger partial charge in [0.05, 0.1) is 0 Å². The molecule has 0 amide bonds. The number of nitrogens with two attached hydrogens (primary N) is 2. The number of aliphatic imine (C=N–C) groups is 1. The van der Waals surface area contributed by atoms with Crippen LogP contribution in [0.4, 0.5) is 0 Å². The lowest BCUT2D eigenvalue weighted by molar-refractivity contribution is 1.07. The fourth-order valence-electron chi connectivity index (χ4n) is 2.05. The van der Waals surface area contributed by atoms with Crippen molar-refractivity contribution in [3.05, 3.63) is 72.0 Å². The summed E-state index contributed by atoms with van der Waals surface area (Å²) in [6.07, 6.45) is 6.44. The third-order valence-electron chi connectivity index (χ3n) is 3.30. The summed E-state index contributed by atoms with van der Waals surface area (Å²) < 4.78 is 0. The van der Waals surface area contributed by atoms with Crippen molar-refractivity contribution in [1.29, 1.82) is 0 Å². The molecule has 3 rings (SSSR count). The minimum Gasteiger partial charge on any atom is -0.326 e. The first-order chi connectivity index (χ1) is 10.2. The zero-order valence-corrected chi connectivity index (χ0v) is 12.1. The first-order valence-corrected chi connectivity index (χ1v) is 7.00. The van der Waals surface area contributed by atoms with E-state index in [-0.39, 0.29) is 0 Å². The highest BCUT2D eigenvalue weighted by molar-refractivity contribution is 5.83. The highest BCUT2D eigenvalue weighted by Crippen LogP contribution is 2.17. The van der Waals surface area contributed by atoms with Crippen LogP contribution in [0.5, 0.6) is 0 Å². The molecule has 1 aliphatic heterocycles. The monoisotopic (exact) mass is 279 g/mol. The van der Waals surface area contributed by atoms with Crippen molar-refractivity contribution < 1.29 is 0 Å². The van der Waals surface area contributed by atoms with Crippen LogP contribution in [0, 0.1) is 0 Å². The molecule has 21 heavy (non-hydrogen) atoms. The maximum Gasteiger partial charge on any atom is 0.0266 e. The van der Waals surface area contributed by atoms with Crippen molar-refractivity contribution in [2.75, 3.05) is 0 Å². The first-order valence-electron chi connectivity index (χ1n) is 7.00. The molecule has 3 heteroatoms. The van der Waals surface area contributed by atoms with Crippen LogP contribution < -0.4 is 11.5 Å². The average Bonchev–Trinajstić information content (AvgIpc) is 2.55. The van der Waals surface area contributed by atoms with E-state index in [0.717, 1.165) is 23.1 Å². The summed E-state index contributed by atoms with van der Waals surface area (Å²) in [6, 6.07) is 12.5. The predicted molar refractivity (Wildman–Crippen MR) is 91.1 cm³/mol. The Bertz CT molecular complexity index is 641. The predicted octanol–water partition coefficient (Wildman–Crippen LogP) is 3.29. The Morgan fingerprint density at radius 1 is 0.952 bits per heavy atom. The van der Waals surface area contributed by atoms with Crippen molar-refractivity contribution in [3.8, 4) is 0 Å². The second kappa shape index (κ2) is 7.53. The second-order valence-electron chi connectivity index (χ2n) is 4.93. The van der Waals surface area contributed by atoms with Crippen LogP contribution in [0.3, 0.4) is 0 Å². The summed E-state index contributed by atoms with van der Waals surface area (Å²) >= 11 is 0. The zero-order valence-electron chi connectivity index (χ0n) is 12.1. The van der Waals surface area contributed by atoms with Gasteiger partial charge in [-0.2, -0.15) is 0 Å². The Kier molecular flexibility index (Phi) is 5.43. The number of hydrogen-bond acceptors (Lipinski definition) is 3. The molecule has 0 fully saturated rings. The molecule has 3 nitrogen and oxygen atoms in total. The van der Waals surface area contributed by atoms with Gasteiger partial charge in [-0.05, 0) is 45.7 Å². The van der Waals surface area contributed by atoms with Crippen LogP contribution in [0.2, 0.25) is 0 Å². The third-order valence-corrected chi connectivity index (χ3v) is 3.30. The fourth-order valence-corrected chi connectivity index (χ4v) is 2.05. The molecule has 4 N–H and O–H groups in total. The van der Waals surface area contributed by atoms with Crippen molar-refractivity contribution in [3.63, 3.8) is 0 Å². The minimum absolute atomic E-state index is 0.592. The quantitative estimate of drug-likeness (QED) is 0.886. The Labute approximate surface area is 125 Å². The molecule has 0 spiro atoms. The molecule has 0 radical (unpaired) electrons. The van der Waals surface area contributed by atoms with Gasteiger partial charge in [-0.25, -0.2) is 0 Å². The third kappa shape index (κ3) is 4.38. The molecule has 0 aliphatic carbocycles. The van der Waals surface area contributed by atoms with E-state index < -0.39 is 0 Å². The van der Waals surface area contributed by atoms with E-state index in [9.17, 15) is 0 Å². The van der Waals surface area contributed by atoms with Gasteiger partial charge in [-0.1, -0.05) is 30.8 Å². The smallest absolute Gasteiger partial charge is 0.0266 e. The van der Waals surface area contributed by atoms with Crippen molar-refractivity contribution >= 4 is 17.0 Å². The van der Waals surface area contributed by atoms with Gasteiger partial charge in [0.15, 0.2) is 0 Å². The molecule has 0 bridgehead atoms. The van der Waals surface area contributed by atoms with Crippen LogP contribution >= 0.6 is 0 Å². The van der Waals surface area contributed by atoms with Crippen LogP contribution in [0.25, 0.3) is 10.8 Å². The molecule has 0 aromatic heterocycles. The number of nitrogens with zero attached hydrogens (tertiary/aromatic N) is 1. The number of hydrogen-bond donors (Lipinski definition) is 2. The molecule has 0 unspecified atom stereocenters. The molecule has 2 aromatic carbocycles. The zero-order chi connectivity index (χ0) is 15.1. The average molecular weight is 279 g/mol. The number of benzene rings is 2. The Balaban J connectivity index is 0.000000194. The molecule has 1 heterocycles. The summed E-state index contributed by atoms with van der Waals surface area (Å²) in [4.78, 5) is 3.86. The lowest BCUT2D eigenvalue weighted by Crippen LogP contribution is -1.97. The van der Waals surface area contributed by atoms with E-state index in [1.807, 2.05) is 12.3 Å². The van der Waals surface area contributed by atoms with Crippen molar-refractivity contribution in [1.82, 2.24) is 0 Å². The summed E-state index contributed by atoms with van der Waals surface area (Å²) in [7, 11) is 0. The van der Waals surface area contributed by atoms with E-state index >= 15 is 0 Å². The maximum absolute atomic E-state index is 5.58. The van der Waals surface area contributed by atoms with Gasteiger partial charge in [0.2, 0.25) is 0 Å². The topological polar surface area (TPSA) is 64.4 Å². The van der Waals surface area contributed by atoms with E-state index in [0.29, 0.717) is 13.1 Å². The number of rotatable bonds is 2. The van der Waals surface area contributed by atoms with Gasteiger partial charge in [-0.3, -0.25) is 4.99 Å². The van der Waals surface area contributed by atoms with Gasteiger partial charge in [-0.15, -0.1) is 0 Å². The Morgan fingerprint density at radius 2 is 1.52 bits per heavy atom. The SMILES string of the molecule is C=C1C=CN=CC1.NCc1ccc2cc(CN)ccc2c1. The summed E-state index contributed by atoms with van der Waals surface area (Å²) in [5.41, 5.74) is 14.6. The summed E-state index contributed by atoms with van der Waals surface area (Å²) in [6.45, 7) is 4.92. The number of fused-ring (bicyclic) bond motifs is 1. The van der Waals surface area contributed by atoms with Crippen LogP contribution in [-0.4, -0.2) is 6.21 Å². The summed E-state index contributed by atoms with van der Waals surface area (Å²) in [5.74, 6) is 0. The normalized spacial score (nSPS) is 13.1. The van der Waals surface area contributed by atoms with Crippen molar-refractivity contribution in [2.45, 2.75) is 19.5 Å². The van der Waals surface area contributed by atoms with Gasteiger partial charge in [0.25, 0.3) is 0 Å². The van der Waals surface area contributed by atoms with Gasteiger partial charge in [0.1, 0.15) is 0 Å². The Hall–Kier alpha value is -2.23. The molecule has 1 aliphatic rings. The standard InChI is InChI=1S/C12H14N2.C6H7N/c13-7-9-1-3-11-6-10(8-14)2-4-12(11)5-9;1-6-2-4-7-5-3-6/h1-6H,7-8,13-14H2;2,4-5H,1,3H2. The van der Waals surface area contributed by atoms with Crippen molar-refractivity contribution in [2.24, 2.45) is 16.5 Å². The van der Waals surface area contributed by atoms with Crippen LogP contribution in [-0.2, 0) is 13.1 Å². The molecule has 0 saturated carbocycles. The highest BCUT2D eigenvalue weighted by Gasteiger charge is 1.96. The summed E-state index contributed by atoms with van der Waals surface area (Å²) in [5, 5.41) is 2.45. The second-order valence-corrected chi connectivity index (χ2v) is 4.93. The maximum atomic E-state index is 5.58. The molecule has 0 atom stereocenters. The number of allylic oxidation sites excluding steroid dienone is 2. The minimum atomic E-state index is 0.592. The van der Waals surface area contributed by atoms with Gasteiger partial charge in [0, 0.05) is 31.9 Å². The fraction of sp³-hybridized carbons (Fsp3) is 0.167. The highest BCUT2D eigenvalue weighted by atomic mass is 14.7. The largest absolute Gasteiger partial charge is 0.326 e. The van der Waals surface area contributed by atoms with E-state index in [1.54, 1.807) is 6.20 Å². The lowest BCUT2D eigenvalue weighted by atomic mass is 10.0. The first kappa shape index (κ1) is 15.2. The van der Waals surface area contributed by atoms with Gasteiger partial charge < -0.3 is 11.5 Å². The molecule has 2 aromatic rings. The Morgan fingerprint density at radius 3 is 1.86 bits per heavy atom. The molecule has 0 saturated heterocycles.